The summed E-state index contributed by atoms with van der Waals surface area (Å²) in [5, 5.41) is 3.45. The maximum atomic E-state index is 5.34. The second-order valence-electron chi connectivity index (χ2n) is 4.64. The van der Waals surface area contributed by atoms with Crippen molar-refractivity contribution in [2.75, 3.05) is 31.7 Å². The molecule has 0 saturated heterocycles. The molecule has 2 rings (SSSR count). The predicted octanol–water partition coefficient (Wildman–Crippen LogP) is 1.20. The first-order valence-electron chi connectivity index (χ1n) is 6.62. The lowest BCUT2D eigenvalue weighted by molar-refractivity contribution is 0.154. The highest BCUT2D eigenvalue weighted by Crippen LogP contribution is 2.19. The molecule has 1 fully saturated rings. The number of rotatable bonds is 8. The Bertz CT molecular complexity index is 368. The number of hydrogen-bond acceptors (Lipinski definition) is 5. The fourth-order valence-electron chi connectivity index (χ4n) is 1.66. The molecule has 1 heterocycles. The first kappa shape index (κ1) is 13.2. The highest BCUT2D eigenvalue weighted by molar-refractivity contribution is 5.34. The number of hydrogen-bond donors (Lipinski definition) is 1. The third-order valence-corrected chi connectivity index (χ3v) is 2.99. The first-order valence-corrected chi connectivity index (χ1v) is 6.62. The van der Waals surface area contributed by atoms with Crippen LogP contribution in [0.2, 0.25) is 0 Å². The molecule has 1 aliphatic rings. The Balaban J connectivity index is 1.84. The van der Waals surface area contributed by atoms with Crippen LogP contribution in [0.5, 0.6) is 0 Å². The van der Waals surface area contributed by atoms with Gasteiger partial charge in [0.15, 0.2) is 0 Å². The van der Waals surface area contributed by atoms with Crippen LogP contribution in [0.3, 0.4) is 0 Å². The summed E-state index contributed by atoms with van der Waals surface area (Å²) < 4.78 is 5.34. The predicted molar refractivity (Wildman–Crippen MR) is 71.7 cm³/mol. The maximum Gasteiger partial charge on any atom is 0.147 e. The number of anilines is 1. The SMILES string of the molecule is CCOCCN(C)c1cncc(CNC2CC2)n1. The van der Waals surface area contributed by atoms with E-state index in [0.29, 0.717) is 6.04 Å². The van der Waals surface area contributed by atoms with Gasteiger partial charge in [0.05, 0.1) is 18.5 Å². The molecule has 0 unspecified atom stereocenters. The van der Waals surface area contributed by atoms with Gasteiger partial charge < -0.3 is 15.0 Å². The van der Waals surface area contributed by atoms with E-state index in [1.807, 2.05) is 20.2 Å². The van der Waals surface area contributed by atoms with Gasteiger partial charge in [-0.2, -0.15) is 0 Å². The van der Waals surface area contributed by atoms with Crippen LogP contribution in [0.15, 0.2) is 12.4 Å². The van der Waals surface area contributed by atoms with Crippen LogP contribution in [0.4, 0.5) is 5.82 Å². The lowest BCUT2D eigenvalue weighted by Gasteiger charge is -2.18. The topological polar surface area (TPSA) is 50.3 Å². The van der Waals surface area contributed by atoms with Gasteiger partial charge in [0, 0.05) is 39.0 Å². The molecular formula is C13H22N4O. The highest BCUT2D eigenvalue weighted by Gasteiger charge is 2.20. The minimum Gasteiger partial charge on any atom is -0.380 e. The number of ether oxygens (including phenoxy) is 1. The average Bonchev–Trinajstić information content (AvgIpc) is 3.21. The van der Waals surface area contributed by atoms with E-state index in [-0.39, 0.29) is 0 Å². The lowest BCUT2D eigenvalue weighted by atomic mass is 10.4. The number of likely N-dealkylation sites (N-methyl/N-ethyl adjacent to an activating group) is 1. The minimum absolute atomic E-state index is 0.700. The van der Waals surface area contributed by atoms with Gasteiger partial charge in [-0.1, -0.05) is 0 Å². The van der Waals surface area contributed by atoms with Gasteiger partial charge in [-0.25, -0.2) is 4.98 Å². The third-order valence-electron chi connectivity index (χ3n) is 2.99. The van der Waals surface area contributed by atoms with Crippen LogP contribution in [-0.4, -0.2) is 42.8 Å². The monoisotopic (exact) mass is 250 g/mol. The van der Waals surface area contributed by atoms with E-state index >= 15 is 0 Å². The second kappa shape index (κ2) is 6.66. The Morgan fingerprint density at radius 3 is 3.00 bits per heavy atom. The van der Waals surface area contributed by atoms with Gasteiger partial charge >= 0.3 is 0 Å². The zero-order chi connectivity index (χ0) is 12.8. The number of aromatic nitrogens is 2. The molecule has 100 valence electrons. The number of nitrogens with zero attached hydrogens (tertiary/aromatic N) is 3. The first-order chi connectivity index (χ1) is 8.79. The molecule has 0 aliphatic heterocycles. The summed E-state index contributed by atoms with van der Waals surface area (Å²) in [5.41, 5.74) is 1.00. The Kier molecular flexibility index (Phi) is 4.90. The highest BCUT2D eigenvalue weighted by atomic mass is 16.5. The molecule has 1 aromatic heterocycles. The van der Waals surface area contributed by atoms with Crippen molar-refractivity contribution in [2.45, 2.75) is 32.4 Å². The molecule has 1 aromatic rings. The van der Waals surface area contributed by atoms with Crippen molar-refractivity contribution in [1.82, 2.24) is 15.3 Å². The Labute approximate surface area is 109 Å². The molecule has 0 spiro atoms. The number of nitrogens with one attached hydrogen (secondary N) is 1. The molecule has 1 N–H and O–H groups in total. The average molecular weight is 250 g/mol. The quantitative estimate of drug-likeness (QED) is 0.703. The molecular weight excluding hydrogens is 228 g/mol. The van der Waals surface area contributed by atoms with Crippen LogP contribution in [0.25, 0.3) is 0 Å². The fourth-order valence-corrected chi connectivity index (χ4v) is 1.66. The normalized spacial score (nSPS) is 14.8. The lowest BCUT2D eigenvalue weighted by Crippen LogP contribution is -2.24. The molecule has 5 heteroatoms. The Morgan fingerprint density at radius 1 is 1.44 bits per heavy atom. The summed E-state index contributed by atoms with van der Waals surface area (Å²) in [6.07, 6.45) is 6.21. The largest absolute Gasteiger partial charge is 0.380 e. The zero-order valence-corrected chi connectivity index (χ0v) is 11.2. The van der Waals surface area contributed by atoms with E-state index in [0.717, 1.165) is 37.8 Å². The molecule has 0 bridgehead atoms. The van der Waals surface area contributed by atoms with Crippen molar-refractivity contribution in [3.8, 4) is 0 Å². The molecule has 0 aromatic carbocycles. The van der Waals surface area contributed by atoms with Crippen molar-refractivity contribution in [3.05, 3.63) is 18.1 Å². The van der Waals surface area contributed by atoms with Crippen LogP contribution in [-0.2, 0) is 11.3 Å². The summed E-state index contributed by atoms with van der Waals surface area (Å²) in [6.45, 7) is 5.13. The van der Waals surface area contributed by atoms with Crippen LogP contribution >= 0.6 is 0 Å². The molecule has 0 atom stereocenters. The van der Waals surface area contributed by atoms with Gasteiger partial charge in [-0.15, -0.1) is 0 Å². The van der Waals surface area contributed by atoms with Crippen molar-refractivity contribution in [3.63, 3.8) is 0 Å². The van der Waals surface area contributed by atoms with E-state index in [1.54, 1.807) is 6.20 Å². The summed E-state index contributed by atoms with van der Waals surface area (Å²) in [7, 11) is 2.02. The third kappa shape index (κ3) is 4.23. The Hall–Kier alpha value is -1.20. The van der Waals surface area contributed by atoms with Gasteiger partial charge in [-0.3, -0.25) is 4.98 Å². The summed E-state index contributed by atoms with van der Waals surface area (Å²) in [4.78, 5) is 10.9. The van der Waals surface area contributed by atoms with Crippen molar-refractivity contribution < 1.29 is 4.74 Å². The van der Waals surface area contributed by atoms with E-state index in [9.17, 15) is 0 Å². The van der Waals surface area contributed by atoms with E-state index in [2.05, 4.69) is 20.2 Å². The van der Waals surface area contributed by atoms with Gasteiger partial charge in [0.2, 0.25) is 0 Å². The maximum absolute atomic E-state index is 5.34. The van der Waals surface area contributed by atoms with Crippen LogP contribution in [0, 0.1) is 0 Å². The molecule has 18 heavy (non-hydrogen) atoms. The smallest absolute Gasteiger partial charge is 0.147 e. The van der Waals surface area contributed by atoms with Gasteiger partial charge in [0.25, 0.3) is 0 Å². The van der Waals surface area contributed by atoms with Crippen LogP contribution < -0.4 is 10.2 Å². The minimum atomic E-state index is 0.700. The van der Waals surface area contributed by atoms with E-state index in [4.69, 9.17) is 4.74 Å². The van der Waals surface area contributed by atoms with Crippen LogP contribution in [0.1, 0.15) is 25.5 Å². The molecule has 0 radical (unpaired) electrons. The molecule has 1 aliphatic carbocycles. The van der Waals surface area contributed by atoms with Crippen molar-refractivity contribution in [1.29, 1.82) is 0 Å². The van der Waals surface area contributed by atoms with Gasteiger partial charge in [-0.05, 0) is 19.8 Å². The molecule has 1 saturated carbocycles. The fraction of sp³-hybridized carbons (Fsp3) is 0.692. The summed E-state index contributed by atoms with van der Waals surface area (Å²) >= 11 is 0. The Morgan fingerprint density at radius 2 is 2.28 bits per heavy atom. The summed E-state index contributed by atoms with van der Waals surface area (Å²) in [5.74, 6) is 0.907. The van der Waals surface area contributed by atoms with Crippen molar-refractivity contribution in [2.24, 2.45) is 0 Å². The molecule has 5 nitrogen and oxygen atoms in total. The summed E-state index contributed by atoms with van der Waals surface area (Å²) in [6, 6.07) is 0.700. The van der Waals surface area contributed by atoms with Crippen molar-refractivity contribution >= 4 is 5.82 Å². The van der Waals surface area contributed by atoms with Gasteiger partial charge in [0.1, 0.15) is 5.82 Å². The zero-order valence-electron chi connectivity index (χ0n) is 11.2. The molecule has 0 amide bonds. The van der Waals surface area contributed by atoms with E-state index < -0.39 is 0 Å². The second-order valence-corrected chi connectivity index (χ2v) is 4.64. The van der Waals surface area contributed by atoms with E-state index in [1.165, 1.54) is 12.8 Å². The standard InChI is InChI=1S/C13H22N4O/c1-3-18-7-6-17(2)13-10-14-8-12(16-13)9-15-11-4-5-11/h8,10-11,15H,3-7,9H2,1-2H3.